The zero-order chi connectivity index (χ0) is 7.40. The smallest absolute Gasteiger partial charge is 0.165 e. The third-order valence-electron chi connectivity index (χ3n) is 1.13. The summed E-state index contributed by atoms with van der Waals surface area (Å²) in [6, 6.07) is 1.93. The van der Waals surface area contributed by atoms with Crippen LogP contribution in [-0.4, -0.2) is 15.2 Å². The van der Waals surface area contributed by atoms with E-state index in [1.54, 1.807) is 0 Å². The van der Waals surface area contributed by atoms with Crippen molar-refractivity contribution in [1.82, 2.24) is 15.2 Å². The van der Waals surface area contributed by atoms with Crippen LogP contribution in [0, 0.1) is 11.3 Å². The molecule has 0 saturated heterocycles. The van der Waals surface area contributed by atoms with E-state index in [9.17, 15) is 0 Å². The van der Waals surface area contributed by atoms with E-state index >= 15 is 0 Å². The Morgan fingerprint density at radius 1 is 1.70 bits per heavy atom. The highest BCUT2D eigenvalue weighted by Crippen LogP contribution is 1.97. The van der Waals surface area contributed by atoms with Crippen molar-refractivity contribution in [3.8, 4) is 6.07 Å². The monoisotopic (exact) mass is 134 g/mol. The Kier molecular flexibility index (Phi) is 1.90. The SMILES string of the molecule is CCc1nncnc1C#N. The maximum Gasteiger partial charge on any atom is 0.165 e. The van der Waals surface area contributed by atoms with Crippen LogP contribution < -0.4 is 0 Å². The van der Waals surface area contributed by atoms with Gasteiger partial charge in [0.2, 0.25) is 0 Å². The van der Waals surface area contributed by atoms with Crippen LogP contribution in [0.25, 0.3) is 0 Å². The first kappa shape index (κ1) is 6.62. The van der Waals surface area contributed by atoms with Gasteiger partial charge in [-0.1, -0.05) is 6.92 Å². The molecular weight excluding hydrogens is 128 g/mol. The molecule has 4 nitrogen and oxygen atoms in total. The fourth-order valence-corrected chi connectivity index (χ4v) is 0.632. The van der Waals surface area contributed by atoms with E-state index in [0.29, 0.717) is 17.8 Å². The first-order valence-electron chi connectivity index (χ1n) is 2.95. The molecule has 4 heteroatoms. The van der Waals surface area contributed by atoms with Gasteiger partial charge in [-0.25, -0.2) is 4.98 Å². The number of rotatable bonds is 1. The van der Waals surface area contributed by atoms with E-state index in [-0.39, 0.29) is 0 Å². The van der Waals surface area contributed by atoms with Crippen molar-refractivity contribution in [1.29, 1.82) is 5.26 Å². The van der Waals surface area contributed by atoms with Gasteiger partial charge in [0, 0.05) is 0 Å². The highest BCUT2D eigenvalue weighted by atomic mass is 15.1. The summed E-state index contributed by atoms with van der Waals surface area (Å²) in [6.45, 7) is 1.91. The van der Waals surface area contributed by atoms with Gasteiger partial charge in [0.05, 0.1) is 5.69 Å². The predicted molar refractivity (Wildman–Crippen MR) is 33.9 cm³/mol. The lowest BCUT2D eigenvalue weighted by molar-refractivity contribution is 0.865. The van der Waals surface area contributed by atoms with Crippen molar-refractivity contribution >= 4 is 0 Å². The zero-order valence-corrected chi connectivity index (χ0v) is 5.57. The maximum absolute atomic E-state index is 8.47. The Hall–Kier alpha value is -1.50. The molecule has 10 heavy (non-hydrogen) atoms. The molecule has 0 bridgehead atoms. The largest absolute Gasteiger partial charge is 0.222 e. The Labute approximate surface area is 58.5 Å². The van der Waals surface area contributed by atoms with Gasteiger partial charge >= 0.3 is 0 Å². The molecule has 0 atom stereocenters. The van der Waals surface area contributed by atoms with Crippen LogP contribution in [0.2, 0.25) is 0 Å². The average Bonchev–Trinajstić information content (AvgIpc) is 2.04. The average molecular weight is 134 g/mol. The summed E-state index contributed by atoms with van der Waals surface area (Å²) in [5.41, 5.74) is 1.03. The van der Waals surface area contributed by atoms with Crippen LogP contribution in [0.3, 0.4) is 0 Å². The molecule has 0 spiro atoms. The van der Waals surface area contributed by atoms with Crippen LogP contribution in [0.1, 0.15) is 18.3 Å². The lowest BCUT2D eigenvalue weighted by atomic mass is 10.3. The number of nitriles is 1. The van der Waals surface area contributed by atoms with Gasteiger partial charge in [0.25, 0.3) is 0 Å². The zero-order valence-electron chi connectivity index (χ0n) is 5.57. The van der Waals surface area contributed by atoms with Gasteiger partial charge in [-0.05, 0) is 6.42 Å². The van der Waals surface area contributed by atoms with Gasteiger partial charge in [0.15, 0.2) is 5.69 Å². The van der Waals surface area contributed by atoms with Gasteiger partial charge in [0.1, 0.15) is 12.4 Å². The molecule has 0 fully saturated rings. The number of hydrogen-bond acceptors (Lipinski definition) is 4. The van der Waals surface area contributed by atoms with Crippen molar-refractivity contribution in [3.63, 3.8) is 0 Å². The van der Waals surface area contributed by atoms with Crippen LogP contribution in [-0.2, 0) is 6.42 Å². The third-order valence-corrected chi connectivity index (χ3v) is 1.13. The molecule has 0 amide bonds. The first-order chi connectivity index (χ1) is 4.88. The summed E-state index contributed by atoms with van der Waals surface area (Å²) in [7, 11) is 0. The molecule has 1 aromatic heterocycles. The van der Waals surface area contributed by atoms with E-state index in [1.807, 2.05) is 13.0 Å². The lowest BCUT2D eigenvalue weighted by Gasteiger charge is -1.92. The van der Waals surface area contributed by atoms with E-state index in [1.165, 1.54) is 6.33 Å². The van der Waals surface area contributed by atoms with E-state index in [0.717, 1.165) is 0 Å². The van der Waals surface area contributed by atoms with Crippen molar-refractivity contribution in [2.75, 3.05) is 0 Å². The van der Waals surface area contributed by atoms with Crippen LogP contribution in [0.15, 0.2) is 6.33 Å². The molecule has 0 saturated carbocycles. The van der Waals surface area contributed by atoms with Crippen LogP contribution in [0.5, 0.6) is 0 Å². The van der Waals surface area contributed by atoms with Crippen molar-refractivity contribution in [3.05, 3.63) is 17.7 Å². The summed E-state index contributed by atoms with van der Waals surface area (Å²) < 4.78 is 0. The quantitative estimate of drug-likeness (QED) is 0.554. The molecule has 0 unspecified atom stereocenters. The second-order valence-corrected chi connectivity index (χ2v) is 1.72. The van der Waals surface area contributed by atoms with Gasteiger partial charge < -0.3 is 0 Å². The molecule has 0 N–H and O–H groups in total. The minimum absolute atomic E-state index is 0.373. The molecule has 0 aromatic carbocycles. The highest BCUT2D eigenvalue weighted by Gasteiger charge is 1.99. The Bertz CT molecular complexity index is 263. The third kappa shape index (κ3) is 1.08. The fourth-order valence-electron chi connectivity index (χ4n) is 0.632. The second kappa shape index (κ2) is 2.87. The maximum atomic E-state index is 8.47. The molecule has 0 radical (unpaired) electrons. The summed E-state index contributed by atoms with van der Waals surface area (Å²) in [6.07, 6.45) is 1.97. The predicted octanol–water partition coefficient (Wildman–Crippen LogP) is 0.306. The summed E-state index contributed by atoms with van der Waals surface area (Å²) in [4.78, 5) is 3.73. The molecule has 1 rings (SSSR count). The van der Waals surface area contributed by atoms with E-state index in [2.05, 4.69) is 15.2 Å². The normalized spacial score (nSPS) is 8.80. The summed E-state index contributed by atoms with van der Waals surface area (Å²) in [5.74, 6) is 0. The van der Waals surface area contributed by atoms with Crippen molar-refractivity contribution in [2.45, 2.75) is 13.3 Å². The Morgan fingerprint density at radius 2 is 2.50 bits per heavy atom. The summed E-state index contributed by atoms with van der Waals surface area (Å²) in [5, 5.41) is 15.8. The van der Waals surface area contributed by atoms with E-state index < -0.39 is 0 Å². The lowest BCUT2D eigenvalue weighted by Crippen LogP contribution is -1.97. The number of hydrogen-bond donors (Lipinski definition) is 0. The number of aromatic nitrogens is 3. The first-order valence-corrected chi connectivity index (χ1v) is 2.95. The van der Waals surface area contributed by atoms with Crippen LogP contribution in [0.4, 0.5) is 0 Å². The van der Waals surface area contributed by atoms with Gasteiger partial charge in [-0.2, -0.15) is 10.4 Å². The standard InChI is InChI=1S/C6H6N4/c1-2-5-6(3-7)8-4-9-10-5/h4H,2H2,1H3. The van der Waals surface area contributed by atoms with Gasteiger partial charge in [-0.15, -0.1) is 5.10 Å². The highest BCUT2D eigenvalue weighted by molar-refractivity contribution is 5.23. The molecule has 1 aromatic rings. The Balaban J connectivity index is 3.12. The molecular formula is C6H6N4. The molecule has 0 aliphatic rings. The fraction of sp³-hybridized carbons (Fsp3) is 0.333. The molecule has 0 aliphatic heterocycles. The minimum atomic E-state index is 0.373. The second-order valence-electron chi connectivity index (χ2n) is 1.72. The molecule has 1 heterocycles. The van der Waals surface area contributed by atoms with E-state index in [4.69, 9.17) is 5.26 Å². The Morgan fingerprint density at radius 3 is 3.00 bits per heavy atom. The van der Waals surface area contributed by atoms with Crippen LogP contribution >= 0.6 is 0 Å². The summed E-state index contributed by atoms with van der Waals surface area (Å²) >= 11 is 0. The van der Waals surface area contributed by atoms with Crippen molar-refractivity contribution < 1.29 is 0 Å². The topological polar surface area (TPSA) is 62.5 Å². The van der Waals surface area contributed by atoms with Gasteiger partial charge in [-0.3, -0.25) is 0 Å². The number of aryl methyl sites for hydroxylation is 1. The minimum Gasteiger partial charge on any atom is -0.222 e. The molecule has 50 valence electrons. The molecule has 0 aliphatic carbocycles. The van der Waals surface area contributed by atoms with Crippen molar-refractivity contribution in [2.24, 2.45) is 0 Å². The number of nitrogens with zero attached hydrogens (tertiary/aromatic N) is 4.